The van der Waals surface area contributed by atoms with E-state index < -0.39 is 31.1 Å². The molecule has 0 radical (unpaired) electrons. The molecule has 0 saturated heterocycles. The van der Waals surface area contributed by atoms with Gasteiger partial charge in [-0.25, -0.2) is 4.79 Å². The minimum Gasteiger partial charge on any atom is -0.480 e. The number of aliphatic carboxylic acids is 2. The SMILES string of the molecule is CCCN(C)C(=O)N(CC(=O)O)CC(=O)O. The van der Waals surface area contributed by atoms with E-state index in [2.05, 4.69) is 0 Å². The lowest BCUT2D eigenvalue weighted by atomic mass is 10.4. The van der Waals surface area contributed by atoms with Crippen molar-refractivity contribution in [2.24, 2.45) is 0 Å². The maximum absolute atomic E-state index is 11.6. The lowest BCUT2D eigenvalue weighted by Crippen LogP contribution is -2.46. The molecular weight excluding hydrogens is 216 g/mol. The minimum atomic E-state index is -1.24. The van der Waals surface area contributed by atoms with Gasteiger partial charge < -0.3 is 20.0 Å². The van der Waals surface area contributed by atoms with E-state index in [1.165, 1.54) is 11.9 Å². The summed E-state index contributed by atoms with van der Waals surface area (Å²) in [7, 11) is 1.50. The van der Waals surface area contributed by atoms with Gasteiger partial charge in [-0.05, 0) is 6.42 Å². The first kappa shape index (κ1) is 14.2. The summed E-state index contributed by atoms with van der Waals surface area (Å²) in [4.78, 5) is 34.6. The molecule has 0 unspecified atom stereocenters. The van der Waals surface area contributed by atoms with Crippen molar-refractivity contribution in [3.63, 3.8) is 0 Å². The van der Waals surface area contributed by atoms with E-state index in [9.17, 15) is 14.4 Å². The van der Waals surface area contributed by atoms with Gasteiger partial charge in [0.05, 0.1) is 0 Å². The minimum absolute atomic E-state index is 0.453. The Bertz CT molecular complexity index is 263. The van der Waals surface area contributed by atoms with Gasteiger partial charge in [0, 0.05) is 13.6 Å². The van der Waals surface area contributed by atoms with Gasteiger partial charge in [0.2, 0.25) is 0 Å². The second-order valence-electron chi connectivity index (χ2n) is 3.35. The highest BCUT2D eigenvalue weighted by atomic mass is 16.4. The van der Waals surface area contributed by atoms with Crippen LogP contribution >= 0.6 is 0 Å². The smallest absolute Gasteiger partial charge is 0.323 e. The number of carboxylic acids is 2. The Kier molecular flexibility index (Phi) is 5.91. The van der Waals surface area contributed by atoms with Crippen LogP contribution in [0.3, 0.4) is 0 Å². The van der Waals surface area contributed by atoms with Gasteiger partial charge in [-0.1, -0.05) is 6.92 Å². The van der Waals surface area contributed by atoms with Crippen LogP contribution in [-0.2, 0) is 9.59 Å². The van der Waals surface area contributed by atoms with Crippen LogP contribution in [0.25, 0.3) is 0 Å². The molecule has 0 aliphatic carbocycles. The van der Waals surface area contributed by atoms with Gasteiger partial charge >= 0.3 is 18.0 Å². The van der Waals surface area contributed by atoms with Crippen LogP contribution in [0.5, 0.6) is 0 Å². The van der Waals surface area contributed by atoms with E-state index in [1.807, 2.05) is 6.92 Å². The zero-order valence-corrected chi connectivity index (χ0v) is 9.34. The molecular formula is C9H16N2O5. The Morgan fingerprint density at radius 3 is 1.81 bits per heavy atom. The van der Waals surface area contributed by atoms with E-state index >= 15 is 0 Å². The molecule has 7 heteroatoms. The van der Waals surface area contributed by atoms with Crippen molar-refractivity contribution in [3.8, 4) is 0 Å². The molecule has 0 aliphatic rings. The summed E-state index contributed by atoms with van der Waals surface area (Å²) in [6.45, 7) is 1.09. The summed E-state index contributed by atoms with van der Waals surface area (Å²) in [5.41, 5.74) is 0. The second kappa shape index (κ2) is 6.65. The number of nitrogens with zero attached hydrogens (tertiary/aromatic N) is 2. The molecule has 0 rings (SSSR count). The highest BCUT2D eigenvalue weighted by molar-refractivity contribution is 5.83. The van der Waals surface area contributed by atoms with Gasteiger partial charge in [-0.3, -0.25) is 9.59 Å². The standard InChI is InChI=1S/C9H16N2O5/c1-3-4-10(2)9(16)11(5-7(12)13)6-8(14)15/h3-6H2,1-2H3,(H,12,13)(H,14,15). The molecule has 0 bridgehead atoms. The van der Waals surface area contributed by atoms with Crippen molar-refractivity contribution in [1.82, 2.24) is 9.80 Å². The van der Waals surface area contributed by atoms with E-state index in [4.69, 9.17) is 10.2 Å². The first-order valence-corrected chi connectivity index (χ1v) is 4.82. The lowest BCUT2D eigenvalue weighted by molar-refractivity contribution is -0.140. The number of hydrogen-bond donors (Lipinski definition) is 2. The molecule has 0 heterocycles. The number of rotatable bonds is 6. The Morgan fingerprint density at radius 2 is 1.50 bits per heavy atom. The third-order valence-electron chi connectivity index (χ3n) is 1.81. The number of hydrogen-bond acceptors (Lipinski definition) is 3. The molecule has 0 spiro atoms. The van der Waals surface area contributed by atoms with Crippen LogP contribution in [0.4, 0.5) is 4.79 Å². The molecule has 92 valence electrons. The summed E-state index contributed by atoms with van der Waals surface area (Å²) in [5.74, 6) is -2.47. The molecule has 0 saturated carbocycles. The molecule has 7 nitrogen and oxygen atoms in total. The summed E-state index contributed by atoms with van der Waals surface area (Å²) >= 11 is 0. The highest BCUT2D eigenvalue weighted by Gasteiger charge is 2.22. The molecule has 2 N–H and O–H groups in total. The third-order valence-corrected chi connectivity index (χ3v) is 1.81. The molecule has 0 aromatic rings. The van der Waals surface area contributed by atoms with Crippen LogP contribution in [0, 0.1) is 0 Å². The fourth-order valence-corrected chi connectivity index (χ4v) is 1.19. The van der Waals surface area contributed by atoms with Gasteiger partial charge in [0.15, 0.2) is 0 Å². The largest absolute Gasteiger partial charge is 0.480 e. The number of amides is 2. The molecule has 0 aromatic heterocycles. The summed E-state index contributed by atoms with van der Waals surface area (Å²) in [5, 5.41) is 17.1. The molecule has 0 aliphatic heterocycles. The van der Waals surface area contributed by atoms with E-state index in [0.29, 0.717) is 6.54 Å². The van der Waals surface area contributed by atoms with Crippen molar-refractivity contribution in [3.05, 3.63) is 0 Å². The van der Waals surface area contributed by atoms with E-state index in [0.717, 1.165) is 11.3 Å². The fraction of sp³-hybridized carbons (Fsp3) is 0.667. The Labute approximate surface area is 93.3 Å². The number of urea groups is 1. The zero-order valence-electron chi connectivity index (χ0n) is 9.34. The fourth-order valence-electron chi connectivity index (χ4n) is 1.19. The van der Waals surface area contributed by atoms with Crippen molar-refractivity contribution in [2.75, 3.05) is 26.7 Å². The average molecular weight is 232 g/mol. The topological polar surface area (TPSA) is 98.2 Å². The third kappa shape index (κ3) is 5.18. The first-order chi connectivity index (χ1) is 7.38. The molecule has 0 fully saturated rings. The highest BCUT2D eigenvalue weighted by Crippen LogP contribution is 1.98. The summed E-state index contributed by atoms with van der Waals surface area (Å²) in [6.07, 6.45) is 0.718. The Morgan fingerprint density at radius 1 is 1.06 bits per heavy atom. The maximum Gasteiger partial charge on any atom is 0.323 e. The summed E-state index contributed by atoms with van der Waals surface area (Å²) < 4.78 is 0. The lowest BCUT2D eigenvalue weighted by Gasteiger charge is -2.25. The molecule has 2 amide bonds. The van der Waals surface area contributed by atoms with Gasteiger partial charge in [0.1, 0.15) is 13.1 Å². The van der Waals surface area contributed by atoms with Crippen molar-refractivity contribution >= 4 is 18.0 Å². The van der Waals surface area contributed by atoms with Crippen LogP contribution in [0.1, 0.15) is 13.3 Å². The zero-order chi connectivity index (χ0) is 12.7. The quantitative estimate of drug-likeness (QED) is 0.667. The van der Waals surface area contributed by atoms with Crippen LogP contribution in [0.15, 0.2) is 0 Å². The predicted octanol–water partition coefficient (Wildman–Crippen LogP) is -0.0806. The number of carbonyl (C=O) groups is 3. The van der Waals surface area contributed by atoms with Crippen molar-refractivity contribution in [1.29, 1.82) is 0 Å². The summed E-state index contributed by atoms with van der Waals surface area (Å²) in [6, 6.07) is -0.591. The molecule has 0 aromatic carbocycles. The van der Waals surface area contributed by atoms with Crippen LogP contribution < -0.4 is 0 Å². The molecule has 16 heavy (non-hydrogen) atoms. The van der Waals surface area contributed by atoms with Crippen molar-refractivity contribution in [2.45, 2.75) is 13.3 Å². The first-order valence-electron chi connectivity index (χ1n) is 4.82. The Balaban J connectivity index is 4.54. The predicted molar refractivity (Wildman–Crippen MR) is 55.2 cm³/mol. The van der Waals surface area contributed by atoms with E-state index in [1.54, 1.807) is 0 Å². The van der Waals surface area contributed by atoms with Gasteiger partial charge in [-0.15, -0.1) is 0 Å². The maximum atomic E-state index is 11.6. The van der Waals surface area contributed by atoms with Crippen LogP contribution in [-0.4, -0.2) is 64.7 Å². The van der Waals surface area contributed by atoms with Crippen molar-refractivity contribution < 1.29 is 24.6 Å². The average Bonchev–Trinajstić information content (AvgIpc) is 2.14. The van der Waals surface area contributed by atoms with Gasteiger partial charge in [0.25, 0.3) is 0 Å². The second-order valence-corrected chi connectivity index (χ2v) is 3.35. The van der Waals surface area contributed by atoms with Gasteiger partial charge in [-0.2, -0.15) is 0 Å². The number of carbonyl (C=O) groups excluding carboxylic acids is 1. The Hall–Kier alpha value is -1.79. The normalized spacial score (nSPS) is 9.62. The monoisotopic (exact) mass is 232 g/mol. The van der Waals surface area contributed by atoms with E-state index in [-0.39, 0.29) is 0 Å². The molecule has 0 atom stereocenters. The number of carboxylic acid groups (broad SMARTS) is 2. The van der Waals surface area contributed by atoms with Crippen LogP contribution in [0.2, 0.25) is 0 Å².